The predicted molar refractivity (Wildman–Crippen MR) is 91.4 cm³/mol. The third-order valence-electron chi connectivity index (χ3n) is 3.89. The van der Waals surface area contributed by atoms with Crippen LogP contribution in [0.4, 0.5) is 0 Å². The molecule has 2 aromatic rings. The van der Waals surface area contributed by atoms with E-state index in [1.807, 2.05) is 24.0 Å². The quantitative estimate of drug-likeness (QED) is 0.848. The second-order valence-corrected chi connectivity index (χ2v) is 7.86. The number of hydrogen-bond donors (Lipinski definition) is 1. The van der Waals surface area contributed by atoms with Crippen LogP contribution in [0.1, 0.15) is 30.7 Å². The zero-order valence-electron chi connectivity index (χ0n) is 12.4. The maximum atomic E-state index is 12.8. The van der Waals surface area contributed by atoms with Crippen LogP contribution < -0.4 is 0 Å². The van der Waals surface area contributed by atoms with Gasteiger partial charge in [0.05, 0.1) is 11.3 Å². The Morgan fingerprint density at radius 2 is 2.27 bits per heavy atom. The van der Waals surface area contributed by atoms with Gasteiger partial charge < -0.3 is 10.0 Å². The molecule has 3 nitrogen and oxygen atoms in total. The zero-order chi connectivity index (χ0) is 15.5. The van der Waals surface area contributed by atoms with Gasteiger partial charge in [-0.25, -0.2) is 0 Å². The normalized spacial score (nSPS) is 19.3. The van der Waals surface area contributed by atoms with Gasteiger partial charge in [-0.2, -0.15) is 0 Å². The Hall–Kier alpha value is -1.46. The highest BCUT2D eigenvalue weighted by atomic mass is 32.2. The van der Waals surface area contributed by atoms with Gasteiger partial charge in [-0.1, -0.05) is 12.1 Å². The van der Waals surface area contributed by atoms with Crippen LogP contribution in [0.25, 0.3) is 0 Å². The van der Waals surface area contributed by atoms with Gasteiger partial charge in [0.25, 0.3) is 0 Å². The Morgan fingerprint density at radius 3 is 3.00 bits per heavy atom. The number of thiophene rings is 1. The van der Waals surface area contributed by atoms with E-state index in [1.54, 1.807) is 29.5 Å². The Morgan fingerprint density at radius 1 is 1.41 bits per heavy atom. The van der Waals surface area contributed by atoms with Crippen molar-refractivity contribution in [2.45, 2.75) is 36.0 Å². The summed E-state index contributed by atoms with van der Waals surface area (Å²) < 4.78 is 0. The van der Waals surface area contributed by atoms with Gasteiger partial charge in [-0.05, 0) is 49.4 Å². The number of phenolic OH excluding ortho intramolecular Hbond substituents is 1. The Kier molecular flexibility index (Phi) is 4.74. The van der Waals surface area contributed by atoms with Gasteiger partial charge in [0.1, 0.15) is 5.75 Å². The van der Waals surface area contributed by atoms with Gasteiger partial charge >= 0.3 is 0 Å². The number of phenols is 1. The van der Waals surface area contributed by atoms with E-state index in [4.69, 9.17) is 0 Å². The summed E-state index contributed by atoms with van der Waals surface area (Å²) in [5, 5.41) is 11.5. The number of hydrogen-bond acceptors (Lipinski definition) is 4. The highest BCUT2D eigenvalue weighted by molar-refractivity contribution is 8.00. The van der Waals surface area contributed by atoms with Gasteiger partial charge in [-0.3, -0.25) is 4.79 Å². The molecule has 5 heteroatoms. The number of benzene rings is 1. The fraction of sp³-hybridized carbons (Fsp3) is 0.353. The topological polar surface area (TPSA) is 40.5 Å². The average Bonchev–Trinajstić information content (AvgIpc) is 3.17. The molecule has 1 aliphatic rings. The van der Waals surface area contributed by atoms with E-state index in [1.165, 1.54) is 16.6 Å². The molecule has 1 aliphatic heterocycles. The largest absolute Gasteiger partial charge is 0.508 e. The SMILES string of the molecule is C[C@H](Sc1cccc(O)c1)C(=O)N1CCC[C@H]1c1cccs1. The fourth-order valence-corrected chi connectivity index (χ4v) is 4.72. The number of likely N-dealkylation sites (tertiary alicyclic amines) is 1. The van der Waals surface area contributed by atoms with Crippen LogP contribution in [0.3, 0.4) is 0 Å². The molecule has 0 unspecified atom stereocenters. The first kappa shape index (κ1) is 15.4. The smallest absolute Gasteiger partial charge is 0.236 e. The van der Waals surface area contributed by atoms with Crippen LogP contribution >= 0.6 is 23.1 Å². The summed E-state index contributed by atoms with van der Waals surface area (Å²) in [7, 11) is 0. The first-order valence-electron chi connectivity index (χ1n) is 7.45. The van der Waals surface area contributed by atoms with Crippen molar-refractivity contribution in [3.05, 3.63) is 46.7 Å². The molecule has 116 valence electrons. The zero-order valence-corrected chi connectivity index (χ0v) is 14.1. The number of carbonyl (C=O) groups is 1. The van der Waals surface area contributed by atoms with Crippen LogP contribution in [0.2, 0.25) is 0 Å². The minimum atomic E-state index is -0.151. The number of aromatic hydroxyl groups is 1. The number of amides is 1. The first-order chi connectivity index (χ1) is 10.6. The van der Waals surface area contributed by atoms with Crippen molar-refractivity contribution in [2.75, 3.05) is 6.54 Å². The minimum absolute atomic E-state index is 0.151. The molecule has 1 fully saturated rings. The van der Waals surface area contributed by atoms with Crippen molar-refractivity contribution in [1.82, 2.24) is 4.90 Å². The van der Waals surface area contributed by atoms with E-state index in [0.29, 0.717) is 0 Å². The molecule has 3 rings (SSSR count). The van der Waals surface area contributed by atoms with Crippen molar-refractivity contribution in [1.29, 1.82) is 0 Å². The number of thioether (sulfide) groups is 1. The number of carbonyl (C=O) groups excluding carboxylic acids is 1. The molecule has 0 radical (unpaired) electrons. The van der Waals surface area contributed by atoms with Gasteiger partial charge in [0.2, 0.25) is 5.91 Å². The van der Waals surface area contributed by atoms with Gasteiger partial charge in [0.15, 0.2) is 0 Å². The molecular weight excluding hydrogens is 314 g/mol. The molecule has 2 heterocycles. The van der Waals surface area contributed by atoms with E-state index in [2.05, 4.69) is 11.4 Å². The number of rotatable bonds is 4. The molecule has 1 amide bonds. The monoisotopic (exact) mass is 333 g/mol. The second kappa shape index (κ2) is 6.75. The molecule has 0 spiro atoms. The highest BCUT2D eigenvalue weighted by Gasteiger charge is 2.33. The summed E-state index contributed by atoms with van der Waals surface area (Å²) >= 11 is 3.23. The lowest BCUT2D eigenvalue weighted by Gasteiger charge is -2.26. The summed E-state index contributed by atoms with van der Waals surface area (Å²) in [5.74, 6) is 0.423. The molecule has 1 N–H and O–H groups in total. The summed E-state index contributed by atoms with van der Waals surface area (Å²) in [6.45, 7) is 2.78. The van der Waals surface area contributed by atoms with E-state index < -0.39 is 0 Å². The Balaban J connectivity index is 1.70. The third kappa shape index (κ3) is 3.31. The Labute approximate surface area is 139 Å². The molecular formula is C17H19NO2S2. The van der Waals surface area contributed by atoms with Crippen molar-refractivity contribution < 1.29 is 9.90 Å². The van der Waals surface area contributed by atoms with E-state index in [-0.39, 0.29) is 22.9 Å². The third-order valence-corrected chi connectivity index (χ3v) is 5.94. The molecule has 0 bridgehead atoms. The molecule has 0 saturated carbocycles. The van der Waals surface area contributed by atoms with E-state index in [9.17, 15) is 9.90 Å². The van der Waals surface area contributed by atoms with Crippen LogP contribution in [0.15, 0.2) is 46.7 Å². The standard InChI is InChI=1S/C17H19NO2S2/c1-12(22-14-6-2-5-13(19)11-14)17(20)18-9-3-7-15(18)16-8-4-10-21-16/h2,4-6,8,10-12,15,19H,3,7,9H2,1H3/t12-,15-/m0/s1. The lowest BCUT2D eigenvalue weighted by atomic mass is 10.2. The van der Waals surface area contributed by atoms with Crippen molar-refractivity contribution in [3.8, 4) is 5.75 Å². The van der Waals surface area contributed by atoms with Crippen molar-refractivity contribution >= 4 is 29.0 Å². The summed E-state index contributed by atoms with van der Waals surface area (Å²) in [4.78, 5) is 17.0. The van der Waals surface area contributed by atoms with Crippen LogP contribution in [-0.2, 0) is 4.79 Å². The number of nitrogens with zero attached hydrogens (tertiary/aromatic N) is 1. The van der Waals surface area contributed by atoms with Gasteiger partial charge in [0, 0.05) is 16.3 Å². The molecule has 1 aromatic carbocycles. The Bertz CT molecular complexity index is 642. The van der Waals surface area contributed by atoms with Crippen molar-refractivity contribution in [2.24, 2.45) is 0 Å². The predicted octanol–water partition coefficient (Wildman–Crippen LogP) is 4.30. The lowest BCUT2D eigenvalue weighted by Crippen LogP contribution is -2.35. The second-order valence-electron chi connectivity index (χ2n) is 5.46. The molecule has 2 atom stereocenters. The minimum Gasteiger partial charge on any atom is -0.508 e. The fourth-order valence-electron chi connectivity index (χ4n) is 2.85. The maximum Gasteiger partial charge on any atom is 0.236 e. The van der Waals surface area contributed by atoms with Crippen LogP contribution in [-0.4, -0.2) is 27.7 Å². The summed E-state index contributed by atoms with van der Waals surface area (Å²) in [6, 6.07) is 11.5. The first-order valence-corrected chi connectivity index (χ1v) is 9.20. The molecule has 0 aliphatic carbocycles. The van der Waals surface area contributed by atoms with E-state index >= 15 is 0 Å². The van der Waals surface area contributed by atoms with Gasteiger partial charge in [-0.15, -0.1) is 23.1 Å². The van der Waals surface area contributed by atoms with Crippen molar-refractivity contribution in [3.63, 3.8) is 0 Å². The highest BCUT2D eigenvalue weighted by Crippen LogP contribution is 2.36. The molecule has 1 saturated heterocycles. The van der Waals surface area contributed by atoms with Crippen LogP contribution in [0, 0.1) is 0 Å². The van der Waals surface area contributed by atoms with E-state index in [0.717, 1.165) is 24.3 Å². The average molecular weight is 333 g/mol. The summed E-state index contributed by atoms with van der Waals surface area (Å²) in [5.41, 5.74) is 0. The molecule has 1 aromatic heterocycles. The van der Waals surface area contributed by atoms with Crippen LogP contribution in [0.5, 0.6) is 5.75 Å². The maximum absolute atomic E-state index is 12.8. The lowest BCUT2D eigenvalue weighted by molar-refractivity contribution is -0.131. The summed E-state index contributed by atoms with van der Waals surface area (Å²) in [6.07, 6.45) is 2.12. The molecule has 22 heavy (non-hydrogen) atoms.